The fourth-order valence-electron chi connectivity index (χ4n) is 1.84. The number of halogens is 1. The summed E-state index contributed by atoms with van der Waals surface area (Å²) in [5.41, 5.74) is 0.412. The molecule has 0 amide bonds. The van der Waals surface area contributed by atoms with Crippen LogP contribution in [-0.2, 0) is 14.8 Å². The van der Waals surface area contributed by atoms with Crippen molar-refractivity contribution in [1.29, 1.82) is 0 Å². The van der Waals surface area contributed by atoms with E-state index in [1.54, 1.807) is 6.07 Å². The van der Waals surface area contributed by atoms with E-state index < -0.39 is 10.0 Å². The van der Waals surface area contributed by atoms with Crippen molar-refractivity contribution in [1.82, 2.24) is 4.98 Å². The molecule has 1 aromatic rings. The summed E-state index contributed by atoms with van der Waals surface area (Å²) in [5, 5.41) is 0.327. The average molecular weight is 291 g/mol. The van der Waals surface area contributed by atoms with Crippen molar-refractivity contribution in [3.05, 3.63) is 23.5 Å². The Labute approximate surface area is 112 Å². The standard InChI is InChI=1S/C11H15ClN2O3S/c12-11-5-4-9(7-13-11)14-18(15,16)8-10-3-1-2-6-17-10/h4-5,7,10,14H,1-3,6,8H2. The van der Waals surface area contributed by atoms with Crippen LogP contribution in [-0.4, -0.2) is 31.9 Å². The maximum absolute atomic E-state index is 11.9. The predicted octanol–water partition coefficient (Wildman–Crippen LogP) is 2.05. The molecule has 1 aromatic heterocycles. The van der Waals surface area contributed by atoms with Gasteiger partial charge in [-0.3, -0.25) is 4.72 Å². The van der Waals surface area contributed by atoms with Crippen LogP contribution in [0.25, 0.3) is 0 Å². The summed E-state index contributed by atoms with van der Waals surface area (Å²) in [4.78, 5) is 3.82. The fraction of sp³-hybridized carbons (Fsp3) is 0.545. The summed E-state index contributed by atoms with van der Waals surface area (Å²) in [6, 6.07) is 3.12. The lowest BCUT2D eigenvalue weighted by atomic mass is 10.1. The Bertz CT molecular complexity index is 484. The molecule has 0 radical (unpaired) electrons. The third kappa shape index (κ3) is 4.12. The van der Waals surface area contributed by atoms with Crippen molar-refractivity contribution in [3.8, 4) is 0 Å². The Morgan fingerprint density at radius 3 is 2.89 bits per heavy atom. The van der Waals surface area contributed by atoms with Gasteiger partial charge in [-0.15, -0.1) is 0 Å². The van der Waals surface area contributed by atoms with Gasteiger partial charge in [0.1, 0.15) is 5.15 Å². The lowest BCUT2D eigenvalue weighted by Crippen LogP contribution is -2.30. The Morgan fingerprint density at radius 2 is 2.28 bits per heavy atom. The highest BCUT2D eigenvalue weighted by molar-refractivity contribution is 7.92. The zero-order valence-corrected chi connectivity index (χ0v) is 11.4. The van der Waals surface area contributed by atoms with Gasteiger partial charge in [0.15, 0.2) is 0 Å². The fourth-order valence-corrected chi connectivity index (χ4v) is 3.27. The highest BCUT2D eigenvalue weighted by atomic mass is 35.5. The van der Waals surface area contributed by atoms with E-state index in [0.717, 1.165) is 19.3 Å². The molecule has 1 N–H and O–H groups in total. The quantitative estimate of drug-likeness (QED) is 0.862. The van der Waals surface area contributed by atoms with Gasteiger partial charge >= 0.3 is 0 Å². The van der Waals surface area contributed by atoms with Gasteiger partial charge in [-0.05, 0) is 31.4 Å². The molecule has 1 fully saturated rings. The number of ether oxygens (including phenoxy) is 1. The molecule has 100 valence electrons. The SMILES string of the molecule is O=S(=O)(CC1CCCCO1)Nc1ccc(Cl)nc1. The first-order valence-electron chi connectivity index (χ1n) is 5.79. The molecule has 0 aliphatic carbocycles. The zero-order chi connectivity index (χ0) is 13.0. The van der Waals surface area contributed by atoms with Gasteiger partial charge in [0.25, 0.3) is 0 Å². The first kappa shape index (κ1) is 13.6. The van der Waals surface area contributed by atoms with E-state index in [1.807, 2.05) is 0 Å². The van der Waals surface area contributed by atoms with Gasteiger partial charge in [0, 0.05) is 6.61 Å². The van der Waals surface area contributed by atoms with Crippen molar-refractivity contribution in [2.75, 3.05) is 17.1 Å². The van der Waals surface area contributed by atoms with E-state index in [1.165, 1.54) is 12.3 Å². The molecule has 0 bridgehead atoms. The molecule has 5 nitrogen and oxygen atoms in total. The third-order valence-electron chi connectivity index (χ3n) is 2.68. The molecule has 18 heavy (non-hydrogen) atoms. The topological polar surface area (TPSA) is 68.3 Å². The van der Waals surface area contributed by atoms with E-state index in [9.17, 15) is 8.42 Å². The van der Waals surface area contributed by atoms with Crippen LogP contribution >= 0.6 is 11.6 Å². The lowest BCUT2D eigenvalue weighted by molar-refractivity contribution is 0.0306. The number of rotatable bonds is 4. The second kappa shape index (κ2) is 5.86. The van der Waals surface area contributed by atoms with Crippen LogP contribution in [0.1, 0.15) is 19.3 Å². The van der Waals surface area contributed by atoms with Crippen molar-refractivity contribution in [3.63, 3.8) is 0 Å². The molecule has 1 atom stereocenters. The lowest BCUT2D eigenvalue weighted by Gasteiger charge is -2.22. The maximum Gasteiger partial charge on any atom is 0.235 e. The molecular formula is C11H15ClN2O3S. The minimum Gasteiger partial charge on any atom is -0.377 e. The van der Waals surface area contributed by atoms with E-state index in [0.29, 0.717) is 17.4 Å². The molecule has 1 saturated heterocycles. The van der Waals surface area contributed by atoms with Crippen LogP contribution in [0.3, 0.4) is 0 Å². The van der Waals surface area contributed by atoms with Gasteiger partial charge in [0.2, 0.25) is 10.0 Å². The Hall–Kier alpha value is -0.850. The first-order chi connectivity index (χ1) is 8.55. The van der Waals surface area contributed by atoms with Crippen LogP contribution in [0.4, 0.5) is 5.69 Å². The number of sulfonamides is 1. The molecule has 2 rings (SSSR count). The second-order valence-electron chi connectivity index (χ2n) is 4.24. The summed E-state index contributed by atoms with van der Waals surface area (Å²) in [7, 11) is -3.41. The summed E-state index contributed by atoms with van der Waals surface area (Å²) < 4.78 is 31.7. The minimum absolute atomic E-state index is 0.0182. The summed E-state index contributed by atoms with van der Waals surface area (Å²) in [6.45, 7) is 0.642. The number of nitrogens with one attached hydrogen (secondary N) is 1. The molecule has 0 saturated carbocycles. The highest BCUT2D eigenvalue weighted by Crippen LogP contribution is 2.16. The van der Waals surface area contributed by atoms with Gasteiger partial charge in [-0.1, -0.05) is 11.6 Å². The number of anilines is 1. The van der Waals surface area contributed by atoms with Crippen LogP contribution < -0.4 is 4.72 Å². The maximum atomic E-state index is 11.9. The molecule has 7 heteroatoms. The van der Waals surface area contributed by atoms with Gasteiger partial charge < -0.3 is 4.74 Å². The first-order valence-corrected chi connectivity index (χ1v) is 7.82. The van der Waals surface area contributed by atoms with Crippen molar-refractivity contribution < 1.29 is 13.2 Å². The number of hydrogen-bond donors (Lipinski definition) is 1. The highest BCUT2D eigenvalue weighted by Gasteiger charge is 2.22. The zero-order valence-electron chi connectivity index (χ0n) is 9.80. The number of pyridine rings is 1. The predicted molar refractivity (Wildman–Crippen MR) is 70.2 cm³/mol. The van der Waals surface area contributed by atoms with Gasteiger partial charge in [-0.2, -0.15) is 0 Å². The summed E-state index contributed by atoms with van der Waals surface area (Å²) in [5.74, 6) is -0.0182. The van der Waals surface area contributed by atoms with Crippen LogP contribution in [0.15, 0.2) is 18.3 Å². The Kier molecular flexibility index (Phi) is 4.42. The summed E-state index contributed by atoms with van der Waals surface area (Å²) >= 11 is 5.63. The third-order valence-corrected chi connectivity index (χ3v) is 4.26. The van der Waals surface area contributed by atoms with Crippen molar-refractivity contribution >= 4 is 27.3 Å². The molecule has 0 spiro atoms. The molecule has 2 heterocycles. The average Bonchev–Trinajstić information content (AvgIpc) is 2.32. The van der Waals surface area contributed by atoms with E-state index in [4.69, 9.17) is 16.3 Å². The number of hydrogen-bond acceptors (Lipinski definition) is 4. The van der Waals surface area contributed by atoms with Crippen molar-refractivity contribution in [2.24, 2.45) is 0 Å². The van der Waals surface area contributed by atoms with Crippen LogP contribution in [0, 0.1) is 0 Å². The largest absolute Gasteiger partial charge is 0.377 e. The Morgan fingerprint density at radius 1 is 1.44 bits per heavy atom. The molecule has 1 aliphatic rings. The van der Waals surface area contributed by atoms with E-state index in [2.05, 4.69) is 9.71 Å². The van der Waals surface area contributed by atoms with Crippen molar-refractivity contribution in [2.45, 2.75) is 25.4 Å². The summed E-state index contributed by atoms with van der Waals surface area (Å²) in [6.07, 6.45) is 3.99. The molecular weight excluding hydrogens is 276 g/mol. The number of aromatic nitrogens is 1. The monoisotopic (exact) mass is 290 g/mol. The number of nitrogens with zero attached hydrogens (tertiary/aromatic N) is 1. The molecule has 0 aromatic carbocycles. The van der Waals surface area contributed by atoms with E-state index >= 15 is 0 Å². The Balaban J connectivity index is 1.96. The van der Waals surface area contributed by atoms with Gasteiger partial charge in [-0.25, -0.2) is 13.4 Å². The van der Waals surface area contributed by atoms with Gasteiger partial charge in [0.05, 0.1) is 23.7 Å². The van der Waals surface area contributed by atoms with Crippen LogP contribution in [0.5, 0.6) is 0 Å². The smallest absolute Gasteiger partial charge is 0.235 e. The normalized spacial score (nSPS) is 20.6. The van der Waals surface area contributed by atoms with Crippen LogP contribution in [0.2, 0.25) is 5.15 Å². The minimum atomic E-state index is -3.41. The second-order valence-corrected chi connectivity index (χ2v) is 6.40. The molecule has 1 unspecified atom stereocenters. The molecule has 1 aliphatic heterocycles. The van der Waals surface area contributed by atoms with E-state index in [-0.39, 0.29) is 11.9 Å².